The van der Waals surface area contributed by atoms with Gasteiger partial charge in [0.2, 0.25) is 0 Å². The molecule has 0 saturated heterocycles. The molecule has 92 valence electrons. The highest BCUT2D eigenvalue weighted by atomic mass is 79.9. The maximum Gasteiger partial charge on any atom is 0.257 e. The number of rotatable bonds is 4. The number of halogens is 2. The number of aromatic nitrogens is 1. The van der Waals surface area contributed by atoms with Crippen molar-refractivity contribution in [2.24, 2.45) is 0 Å². The van der Waals surface area contributed by atoms with Crippen LogP contribution in [0.3, 0.4) is 0 Å². The fourth-order valence-electron chi connectivity index (χ4n) is 1.67. The van der Waals surface area contributed by atoms with Gasteiger partial charge in [0.25, 0.3) is 5.91 Å². The molecule has 6 heteroatoms. The number of carbonyl (C=O) groups is 1. The molecule has 4 nitrogen and oxygen atoms in total. The van der Waals surface area contributed by atoms with Crippen molar-refractivity contribution in [1.82, 2.24) is 9.88 Å². The van der Waals surface area contributed by atoms with Gasteiger partial charge in [0.1, 0.15) is 5.15 Å². The molecule has 1 heterocycles. The van der Waals surface area contributed by atoms with E-state index in [4.69, 9.17) is 16.7 Å². The zero-order chi connectivity index (χ0) is 12.4. The Morgan fingerprint density at radius 2 is 2.35 bits per heavy atom. The van der Waals surface area contributed by atoms with Crippen molar-refractivity contribution in [1.29, 1.82) is 0 Å². The summed E-state index contributed by atoms with van der Waals surface area (Å²) in [7, 11) is 0. The number of hydrogen-bond acceptors (Lipinski definition) is 3. The van der Waals surface area contributed by atoms with Crippen LogP contribution in [0.1, 0.15) is 23.2 Å². The van der Waals surface area contributed by atoms with E-state index in [-0.39, 0.29) is 23.7 Å². The molecule has 1 saturated carbocycles. The lowest BCUT2D eigenvalue weighted by molar-refractivity contribution is 0.0707. The molecule has 0 spiro atoms. The molecule has 0 radical (unpaired) electrons. The minimum absolute atomic E-state index is 0.0404. The van der Waals surface area contributed by atoms with Crippen LogP contribution in [0.2, 0.25) is 5.15 Å². The van der Waals surface area contributed by atoms with E-state index in [1.807, 2.05) is 0 Å². The van der Waals surface area contributed by atoms with Gasteiger partial charge >= 0.3 is 0 Å². The zero-order valence-corrected chi connectivity index (χ0v) is 11.4. The first kappa shape index (κ1) is 12.8. The Hall–Kier alpha value is -0.650. The van der Waals surface area contributed by atoms with Crippen molar-refractivity contribution >= 4 is 33.4 Å². The van der Waals surface area contributed by atoms with E-state index in [2.05, 4.69) is 20.9 Å². The van der Waals surface area contributed by atoms with E-state index >= 15 is 0 Å². The predicted molar refractivity (Wildman–Crippen MR) is 68.1 cm³/mol. The first-order chi connectivity index (χ1) is 8.13. The Kier molecular flexibility index (Phi) is 4.01. The molecule has 2 rings (SSSR count). The molecule has 1 aromatic heterocycles. The van der Waals surface area contributed by atoms with Gasteiger partial charge in [0, 0.05) is 23.3 Å². The standard InChI is InChI=1S/C11H12BrClN2O2/c12-7-5-9(10(13)14-6-7)11(17)15(3-4-16)8-1-2-8/h5-6,8,16H,1-4H2. The Bertz CT molecular complexity index is 437. The molecule has 0 aliphatic heterocycles. The van der Waals surface area contributed by atoms with Crippen LogP contribution in [-0.2, 0) is 0 Å². The van der Waals surface area contributed by atoms with Crippen molar-refractivity contribution < 1.29 is 9.90 Å². The van der Waals surface area contributed by atoms with Crippen LogP contribution in [0.15, 0.2) is 16.7 Å². The van der Waals surface area contributed by atoms with Crippen molar-refractivity contribution in [3.63, 3.8) is 0 Å². The van der Waals surface area contributed by atoms with E-state index in [0.29, 0.717) is 16.6 Å². The Morgan fingerprint density at radius 3 is 2.94 bits per heavy atom. The van der Waals surface area contributed by atoms with Gasteiger partial charge in [-0.2, -0.15) is 0 Å². The number of amides is 1. The summed E-state index contributed by atoms with van der Waals surface area (Å²) in [5, 5.41) is 9.18. The minimum atomic E-state index is -0.166. The average molecular weight is 320 g/mol. The molecule has 0 aromatic carbocycles. The summed E-state index contributed by atoms with van der Waals surface area (Å²) < 4.78 is 0.713. The summed E-state index contributed by atoms with van der Waals surface area (Å²) in [6, 6.07) is 1.90. The lowest BCUT2D eigenvalue weighted by Crippen LogP contribution is -2.35. The Labute approximate surface area is 113 Å². The van der Waals surface area contributed by atoms with Crippen LogP contribution in [0.25, 0.3) is 0 Å². The van der Waals surface area contributed by atoms with E-state index in [9.17, 15) is 4.79 Å². The van der Waals surface area contributed by atoms with Crippen molar-refractivity contribution in [3.05, 3.63) is 27.5 Å². The number of carbonyl (C=O) groups excluding carboxylic acids is 1. The second kappa shape index (κ2) is 5.33. The highest BCUT2D eigenvalue weighted by Gasteiger charge is 2.33. The highest BCUT2D eigenvalue weighted by Crippen LogP contribution is 2.29. The molecule has 1 aromatic rings. The second-order valence-corrected chi connectivity index (χ2v) is 5.22. The molecule has 17 heavy (non-hydrogen) atoms. The van der Waals surface area contributed by atoms with Crippen molar-refractivity contribution in [2.45, 2.75) is 18.9 Å². The van der Waals surface area contributed by atoms with Crippen LogP contribution in [0, 0.1) is 0 Å². The van der Waals surface area contributed by atoms with Crippen molar-refractivity contribution in [3.8, 4) is 0 Å². The van der Waals surface area contributed by atoms with E-state index in [1.165, 1.54) is 0 Å². The largest absolute Gasteiger partial charge is 0.395 e. The van der Waals surface area contributed by atoms with Crippen LogP contribution in [-0.4, -0.2) is 40.1 Å². The third-order valence-electron chi connectivity index (χ3n) is 2.63. The van der Waals surface area contributed by atoms with Gasteiger partial charge in [-0.3, -0.25) is 4.79 Å². The van der Waals surface area contributed by atoms with Gasteiger partial charge in [0.15, 0.2) is 0 Å². The number of aliphatic hydroxyl groups excluding tert-OH is 1. The molecule has 0 bridgehead atoms. The summed E-state index contributed by atoms with van der Waals surface area (Å²) >= 11 is 9.18. The molecule has 1 aliphatic rings. The Balaban J connectivity index is 2.24. The molecule has 1 N–H and O–H groups in total. The first-order valence-corrected chi connectivity index (χ1v) is 6.53. The number of pyridine rings is 1. The summed E-state index contributed by atoms with van der Waals surface area (Å²) in [5.74, 6) is -0.166. The molecular formula is C11H12BrClN2O2. The SMILES string of the molecule is O=C(c1cc(Br)cnc1Cl)N(CCO)C1CC1. The monoisotopic (exact) mass is 318 g/mol. The number of aliphatic hydroxyl groups is 1. The van der Waals surface area contributed by atoms with Gasteiger partial charge in [-0.1, -0.05) is 11.6 Å². The molecule has 0 unspecified atom stereocenters. The summed E-state index contributed by atoms with van der Waals surface area (Å²) in [6.07, 6.45) is 3.53. The van der Waals surface area contributed by atoms with E-state index < -0.39 is 0 Å². The normalized spacial score (nSPS) is 14.8. The first-order valence-electron chi connectivity index (χ1n) is 5.36. The zero-order valence-electron chi connectivity index (χ0n) is 9.07. The maximum absolute atomic E-state index is 12.3. The van der Waals surface area contributed by atoms with Gasteiger partial charge < -0.3 is 10.0 Å². The second-order valence-electron chi connectivity index (χ2n) is 3.95. The fourth-order valence-corrected chi connectivity index (χ4v) is 2.19. The molecule has 1 amide bonds. The molecule has 0 atom stereocenters. The van der Waals surface area contributed by atoms with Crippen LogP contribution in [0.4, 0.5) is 0 Å². The molecular weight excluding hydrogens is 307 g/mol. The Morgan fingerprint density at radius 1 is 1.65 bits per heavy atom. The van der Waals surface area contributed by atoms with E-state index in [1.54, 1.807) is 17.2 Å². The quantitative estimate of drug-likeness (QED) is 0.865. The van der Waals surface area contributed by atoms with Crippen LogP contribution in [0.5, 0.6) is 0 Å². The van der Waals surface area contributed by atoms with Gasteiger partial charge in [-0.05, 0) is 34.8 Å². The number of nitrogens with zero attached hydrogens (tertiary/aromatic N) is 2. The third-order valence-corrected chi connectivity index (χ3v) is 3.36. The van der Waals surface area contributed by atoms with Crippen LogP contribution >= 0.6 is 27.5 Å². The highest BCUT2D eigenvalue weighted by molar-refractivity contribution is 9.10. The van der Waals surface area contributed by atoms with Crippen LogP contribution < -0.4 is 0 Å². The number of hydrogen-bond donors (Lipinski definition) is 1. The summed E-state index contributed by atoms with van der Waals surface area (Å²) in [6.45, 7) is 0.299. The predicted octanol–water partition coefficient (Wildman–Crippen LogP) is 2.09. The maximum atomic E-state index is 12.3. The lowest BCUT2D eigenvalue weighted by atomic mass is 10.2. The third kappa shape index (κ3) is 2.97. The van der Waals surface area contributed by atoms with Gasteiger partial charge in [-0.15, -0.1) is 0 Å². The molecule has 1 aliphatic carbocycles. The molecule has 1 fully saturated rings. The summed E-state index contributed by atoms with van der Waals surface area (Å²) in [5.41, 5.74) is 0.376. The topological polar surface area (TPSA) is 53.4 Å². The smallest absolute Gasteiger partial charge is 0.257 e. The fraction of sp³-hybridized carbons (Fsp3) is 0.455. The van der Waals surface area contributed by atoms with Crippen molar-refractivity contribution in [2.75, 3.05) is 13.2 Å². The minimum Gasteiger partial charge on any atom is -0.395 e. The van der Waals surface area contributed by atoms with Gasteiger partial charge in [0.05, 0.1) is 12.2 Å². The lowest BCUT2D eigenvalue weighted by Gasteiger charge is -2.21. The summed E-state index contributed by atoms with van der Waals surface area (Å²) in [4.78, 5) is 17.9. The van der Waals surface area contributed by atoms with E-state index in [0.717, 1.165) is 12.8 Å². The van der Waals surface area contributed by atoms with Gasteiger partial charge in [-0.25, -0.2) is 4.98 Å². The average Bonchev–Trinajstić information content (AvgIpc) is 3.12.